The topological polar surface area (TPSA) is 106 Å². The van der Waals surface area contributed by atoms with Crippen LogP contribution in [0.4, 0.5) is 0 Å². The number of nitrogens with zero attached hydrogens (tertiary/aromatic N) is 2. The zero-order chi connectivity index (χ0) is 20.5. The summed E-state index contributed by atoms with van der Waals surface area (Å²) in [7, 11) is 0. The van der Waals surface area contributed by atoms with Gasteiger partial charge in [-0.05, 0) is 61.2 Å². The van der Waals surface area contributed by atoms with Crippen molar-refractivity contribution in [3.63, 3.8) is 0 Å². The van der Waals surface area contributed by atoms with Gasteiger partial charge in [0.25, 0.3) is 0 Å². The highest BCUT2D eigenvalue weighted by atomic mass is 16.8. The summed E-state index contributed by atoms with van der Waals surface area (Å²) in [6.07, 6.45) is 9.96. The molecule has 0 unspecified atom stereocenters. The van der Waals surface area contributed by atoms with Crippen molar-refractivity contribution in [3.05, 3.63) is 63.7 Å². The van der Waals surface area contributed by atoms with Gasteiger partial charge in [-0.25, -0.2) is 0 Å². The van der Waals surface area contributed by atoms with Crippen LogP contribution in [0.1, 0.15) is 31.1 Å². The number of aromatic hydroxyl groups is 2. The number of hydrogen-bond donors (Lipinski definition) is 2. The van der Waals surface area contributed by atoms with E-state index < -0.39 is 4.90 Å². The highest BCUT2D eigenvalue weighted by molar-refractivity contribution is 6.03. The Labute approximate surface area is 168 Å². The molecule has 1 atom stereocenters. The Morgan fingerprint density at radius 3 is 2.66 bits per heavy atom. The number of likely N-dealkylation sites (tertiary alicyclic amines) is 1. The standard InChI is InChI=1S/C22H23N2O5/c1-14-3-2-10-23(12-14)13-18-19(25)9-8-17-21(26)20(29-22(17)18)11-15-4-6-16(7-5-15)24(27)28/h4-9,11,14H,2-3,10,12-13H2,1H3,(H2-,25,26,27,28)/q-1/t14-/m1/s1. The maximum atomic E-state index is 10.8. The second kappa shape index (κ2) is 7.67. The van der Waals surface area contributed by atoms with Gasteiger partial charge < -0.3 is 25.0 Å². The monoisotopic (exact) mass is 395 g/mol. The van der Waals surface area contributed by atoms with E-state index in [-0.39, 0.29) is 23.0 Å². The largest absolute Gasteiger partial charge is 0.612 e. The third kappa shape index (κ3) is 3.86. The van der Waals surface area contributed by atoms with Crippen LogP contribution in [0, 0.1) is 16.3 Å². The molecule has 1 aromatic carbocycles. The van der Waals surface area contributed by atoms with Crippen LogP contribution in [0.2, 0.25) is 0 Å². The van der Waals surface area contributed by atoms with Crippen molar-refractivity contribution in [2.45, 2.75) is 26.3 Å². The van der Waals surface area contributed by atoms with Crippen LogP contribution >= 0.6 is 0 Å². The van der Waals surface area contributed by atoms with Gasteiger partial charge in [-0.3, -0.25) is 4.90 Å². The van der Waals surface area contributed by atoms with Gasteiger partial charge in [0.05, 0.1) is 10.9 Å². The Balaban J connectivity index is 1.69. The van der Waals surface area contributed by atoms with Gasteiger partial charge in [-0.1, -0.05) is 6.92 Å². The predicted molar refractivity (Wildman–Crippen MR) is 111 cm³/mol. The fourth-order valence-corrected chi connectivity index (χ4v) is 3.96. The molecule has 1 aromatic heterocycles. The second-order valence-corrected chi connectivity index (χ2v) is 7.73. The zero-order valence-corrected chi connectivity index (χ0v) is 16.2. The molecule has 0 bridgehead atoms. The molecule has 7 nitrogen and oxygen atoms in total. The van der Waals surface area contributed by atoms with Gasteiger partial charge in [0.15, 0.2) is 11.5 Å². The van der Waals surface area contributed by atoms with Gasteiger partial charge >= 0.3 is 0 Å². The number of rotatable bonds is 3. The van der Waals surface area contributed by atoms with Crippen molar-refractivity contribution in [2.24, 2.45) is 5.92 Å². The smallest absolute Gasteiger partial charge is 0.222 e. The first-order chi connectivity index (χ1) is 13.9. The van der Waals surface area contributed by atoms with E-state index in [1.807, 2.05) is 0 Å². The molecule has 2 heterocycles. The van der Waals surface area contributed by atoms with Crippen molar-refractivity contribution in [3.8, 4) is 11.5 Å². The summed E-state index contributed by atoms with van der Waals surface area (Å²) in [6.45, 7) is 4.71. The van der Waals surface area contributed by atoms with Gasteiger partial charge in [-0.2, -0.15) is 4.90 Å². The minimum atomic E-state index is -0.459. The molecule has 7 heteroatoms. The molecule has 1 saturated heterocycles. The average molecular weight is 395 g/mol. The highest BCUT2D eigenvalue weighted by Gasteiger charge is 2.22. The normalized spacial score (nSPS) is 19.8. The summed E-state index contributed by atoms with van der Waals surface area (Å²) >= 11 is 0. The fraction of sp³-hybridized carbons (Fsp3) is 0.318. The molecule has 0 saturated carbocycles. The Kier molecular flexibility index (Phi) is 5.07. The predicted octanol–water partition coefficient (Wildman–Crippen LogP) is 4.03. The first-order valence-electron chi connectivity index (χ1n) is 9.70. The minimum Gasteiger partial charge on any atom is -0.612 e. The van der Waals surface area contributed by atoms with Crippen LogP contribution in [0.15, 0.2) is 46.4 Å². The summed E-state index contributed by atoms with van der Waals surface area (Å²) < 4.78 is 5.93. The van der Waals surface area contributed by atoms with E-state index in [9.17, 15) is 20.6 Å². The Hall–Kier alpha value is -3.19. The molecular weight excluding hydrogens is 372 g/mol. The van der Waals surface area contributed by atoms with Gasteiger partial charge in [0, 0.05) is 25.2 Å². The van der Waals surface area contributed by atoms with Crippen LogP contribution in [0.5, 0.6) is 11.5 Å². The first-order valence-corrected chi connectivity index (χ1v) is 9.70. The van der Waals surface area contributed by atoms with Crippen molar-refractivity contribution < 1.29 is 19.5 Å². The van der Waals surface area contributed by atoms with Gasteiger partial charge in [0.1, 0.15) is 11.3 Å². The zero-order valence-electron chi connectivity index (χ0n) is 16.2. The number of piperidine rings is 1. The quantitative estimate of drug-likeness (QED) is 0.600. The number of phenolic OH excluding ortho intramolecular Hbond substituents is 1. The highest BCUT2D eigenvalue weighted by Crippen LogP contribution is 2.39. The minimum absolute atomic E-state index is 0.000976. The lowest BCUT2D eigenvalue weighted by Crippen LogP contribution is -2.33. The van der Waals surface area contributed by atoms with Gasteiger partial charge in [-0.15, -0.1) is 0 Å². The molecule has 152 valence electrons. The van der Waals surface area contributed by atoms with E-state index in [0.29, 0.717) is 34.6 Å². The summed E-state index contributed by atoms with van der Waals surface area (Å²) in [5.41, 5.74) is 1.80. The Morgan fingerprint density at radius 1 is 1.21 bits per heavy atom. The molecule has 0 radical (unpaired) electrons. The van der Waals surface area contributed by atoms with Crippen molar-refractivity contribution in [1.82, 2.24) is 4.90 Å². The molecular formula is C22H23N2O5-. The summed E-state index contributed by atoms with van der Waals surface area (Å²) in [6, 6.07) is 3.22. The second-order valence-electron chi connectivity index (χ2n) is 7.73. The summed E-state index contributed by atoms with van der Waals surface area (Å²) in [5.74, 6) is 1.01. The van der Waals surface area contributed by atoms with Crippen molar-refractivity contribution in [2.75, 3.05) is 13.1 Å². The van der Waals surface area contributed by atoms with Gasteiger partial charge in [0.2, 0.25) is 5.71 Å². The third-order valence-corrected chi connectivity index (χ3v) is 5.46. The lowest BCUT2D eigenvalue weighted by Gasteiger charge is -2.30. The first kappa shape index (κ1) is 19.1. The number of allylic oxidation sites excluding steroid dienone is 5. The number of hydrogen-bond acceptors (Lipinski definition) is 6. The Bertz CT molecular complexity index is 1040. The van der Waals surface area contributed by atoms with Crippen LogP contribution in [0.25, 0.3) is 17.0 Å². The van der Waals surface area contributed by atoms with Crippen LogP contribution in [-0.4, -0.2) is 38.8 Å². The third-order valence-electron chi connectivity index (χ3n) is 5.46. The summed E-state index contributed by atoms with van der Waals surface area (Å²) in [5, 5.41) is 43.2. The number of benzene rings is 1. The lowest BCUT2D eigenvalue weighted by atomic mass is 9.99. The molecule has 1 aliphatic heterocycles. The van der Waals surface area contributed by atoms with E-state index in [2.05, 4.69) is 11.8 Å². The number of furan rings is 1. The lowest BCUT2D eigenvalue weighted by molar-refractivity contribution is -0.377. The maximum Gasteiger partial charge on any atom is 0.222 e. The van der Waals surface area contributed by atoms with E-state index in [1.54, 1.807) is 30.4 Å². The molecule has 29 heavy (non-hydrogen) atoms. The van der Waals surface area contributed by atoms with E-state index in [4.69, 9.17) is 4.42 Å². The van der Waals surface area contributed by atoms with Crippen molar-refractivity contribution in [1.29, 1.82) is 0 Å². The molecule has 1 fully saturated rings. The maximum absolute atomic E-state index is 10.8. The Morgan fingerprint density at radius 2 is 1.97 bits per heavy atom. The molecule has 1 aliphatic carbocycles. The van der Waals surface area contributed by atoms with E-state index >= 15 is 0 Å². The van der Waals surface area contributed by atoms with Crippen LogP contribution < -0.4 is 0 Å². The molecule has 2 aliphatic rings. The molecule has 2 aromatic rings. The SMILES string of the molecule is C[C@@H]1CCCN(Cc2c(O)ccc3c(O)c(C=C4C=CC(=[N+]([O-])[O-])C=C4)oc23)C1. The molecule has 2 N–H and O–H groups in total. The molecule has 4 rings (SSSR count). The number of phenols is 1. The van der Waals surface area contributed by atoms with Crippen molar-refractivity contribution >= 4 is 22.8 Å². The average Bonchev–Trinajstić information content (AvgIpc) is 3.00. The van der Waals surface area contributed by atoms with E-state index in [0.717, 1.165) is 19.5 Å². The van der Waals surface area contributed by atoms with E-state index in [1.165, 1.54) is 18.6 Å². The number of fused-ring (bicyclic) bond motifs is 1. The van der Waals surface area contributed by atoms with Crippen LogP contribution in [-0.2, 0) is 6.54 Å². The molecule has 0 spiro atoms. The fourth-order valence-electron chi connectivity index (χ4n) is 3.96. The van der Waals surface area contributed by atoms with Crippen LogP contribution in [0.3, 0.4) is 0 Å². The summed E-state index contributed by atoms with van der Waals surface area (Å²) in [4.78, 5) is 1.83. The molecule has 0 amide bonds.